The number of carbonyl (C=O) groups is 1. The Balaban J connectivity index is 2.82. The SMILES string of the molecule is Cc1cc(C)cc(C(=O)C[C@H](C)CO)c1. The summed E-state index contributed by atoms with van der Waals surface area (Å²) in [5.74, 6) is 0.154. The number of carbonyl (C=O) groups excluding carboxylic acids is 1. The van der Waals surface area contributed by atoms with Gasteiger partial charge in [0.25, 0.3) is 0 Å². The number of benzene rings is 1. The molecule has 2 nitrogen and oxygen atoms in total. The Bertz CT molecular complexity index is 335. The molecule has 2 heteroatoms. The van der Waals surface area contributed by atoms with E-state index in [1.54, 1.807) is 0 Å². The number of hydrogen-bond donors (Lipinski definition) is 1. The van der Waals surface area contributed by atoms with Crippen LogP contribution >= 0.6 is 0 Å². The molecular formula is C13H18O2. The molecule has 0 bridgehead atoms. The number of ketones is 1. The van der Waals surface area contributed by atoms with Gasteiger partial charge >= 0.3 is 0 Å². The number of aliphatic hydroxyl groups is 1. The van der Waals surface area contributed by atoms with Crippen molar-refractivity contribution in [3.63, 3.8) is 0 Å². The summed E-state index contributed by atoms with van der Waals surface area (Å²) in [6.45, 7) is 5.91. The highest BCUT2D eigenvalue weighted by Gasteiger charge is 2.11. The highest BCUT2D eigenvalue weighted by atomic mass is 16.3. The molecule has 0 saturated heterocycles. The fraction of sp³-hybridized carbons (Fsp3) is 0.462. The summed E-state index contributed by atoms with van der Waals surface area (Å²) in [6.07, 6.45) is 0.416. The van der Waals surface area contributed by atoms with E-state index >= 15 is 0 Å². The second-order valence-electron chi connectivity index (χ2n) is 4.29. The molecule has 0 saturated carbocycles. The topological polar surface area (TPSA) is 37.3 Å². The molecule has 82 valence electrons. The molecule has 1 N–H and O–H groups in total. The summed E-state index contributed by atoms with van der Waals surface area (Å²) in [5, 5.41) is 8.89. The molecule has 0 spiro atoms. The van der Waals surface area contributed by atoms with Crippen molar-refractivity contribution in [2.45, 2.75) is 27.2 Å². The lowest BCUT2D eigenvalue weighted by atomic mass is 9.98. The first-order valence-corrected chi connectivity index (χ1v) is 5.25. The Morgan fingerprint density at radius 3 is 2.27 bits per heavy atom. The van der Waals surface area contributed by atoms with Gasteiger partial charge in [0.2, 0.25) is 0 Å². The van der Waals surface area contributed by atoms with Crippen LogP contribution < -0.4 is 0 Å². The van der Waals surface area contributed by atoms with Crippen LogP contribution in [-0.4, -0.2) is 17.5 Å². The summed E-state index contributed by atoms with van der Waals surface area (Å²) in [5.41, 5.74) is 2.97. The maximum absolute atomic E-state index is 11.8. The molecule has 0 radical (unpaired) electrons. The molecule has 1 rings (SSSR count). The normalized spacial score (nSPS) is 12.5. The van der Waals surface area contributed by atoms with E-state index in [9.17, 15) is 4.79 Å². The van der Waals surface area contributed by atoms with Crippen LogP contribution in [0.4, 0.5) is 0 Å². The van der Waals surface area contributed by atoms with Crippen LogP contribution in [0.25, 0.3) is 0 Å². The number of aliphatic hydroxyl groups excluding tert-OH is 1. The molecule has 0 amide bonds. The van der Waals surface area contributed by atoms with Crippen molar-refractivity contribution in [1.29, 1.82) is 0 Å². The maximum Gasteiger partial charge on any atom is 0.163 e. The van der Waals surface area contributed by atoms with Crippen LogP contribution in [0.5, 0.6) is 0 Å². The number of rotatable bonds is 4. The standard InChI is InChI=1S/C13H18O2/c1-9-4-10(2)6-12(5-9)13(15)7-11(3)8-14/h4-6,11,14H,7-8H2,1-3H3/t11-/m0/s1. The lowest BCUT2D eigenvalue weighted by molar-refractivity contribution is 0.0943. The minimum atomic E-state index is 0.0401. The molecule has 0 aromatic heterocycles. The van der Waals surface area contributed by atoms with Gasteiger partial charge in [-0.3, -0.25) is 4.79 Å². The van der Waals surface area contributed by atoms with E-state index in [0.29, 0.717) is 6.42 Å². The summed E-state index contributed by atoms with van der Waals surface area (Å²) < 4.78 is 0. The predicted molar refractivity (Wildman–Crippen MR) is 61.1 cm³/mol. The third-order valence-corrected chi connectivity index (χ3v) is 2.39. The van der Waals surface area contributed by atoms with Crippen LogP contribution in [0.2, 0.25) is 0 Å². The largest absolute Gasteiger partial charge is 0.396 e. The van der Waals surface area contributed by atoms with E-state index in [2.05, 4.69) is 0 Å². The highest BCUT2D eigenvalue weighted by molar-refractivity contribution is 5.96. The van der Waals surface area contributed by atoms with Gasteiger partial charge in [0, 0.05) is 18.6 Å². The zero-order chi connectivity index (χ0) is 11.4. The smallest absolute Gasteiger partial charge is 0.163 e. The Morgan fingerprint density at radius 2 is 1.80 bits per heavy atom. The molecule has 15 heavy (non-hydrogen) atoms. The molecule has 0 aliphatic rings. The fourth-order valence-corrected chi connectivity index (χ4v) is 1.63. The Hall–Kier alpha value is -1.15. The summed E-state index contributed by atoms with van der Waals surface area (Å²) in [4.78, 5) is 11.8. The van der Waals surface area contributed by atoms with Crippen LogP contribution in [0.1, 0.15) is 34.8 Å². The summed E-state index contributed by atoms with van der Waals surface area (Å²) in [7, 11) is 0. The molecule has 1 atom stereocenters. The van der Waals surface area contributed by atoms with Crippen molar-refractivity contribution < 1.29 is 9.90 Å². The van der Waals surface area contributed by atoms with E-state index in [0.717, 1.165) is 16.7 Å². The van der Waals surface area contributed by atoms with Gasteiger partial charge in [0.05, 0.1) is 0 Å². The molecule has 0 heterocycles. The Kier molecular flexibility index (Phi) is 4.04. The van der Waals surface area contributed by atoms with Crippen molar-refractivity contribution in [3.8, 4) is 0 Å². The van der Waals surface area contributed by atoms with E-state index in [4.69, 9.17) is 5.11 Å². The van der Waals surface area contributed by atoms with Crippen LogP contribution in [0.15, 0.2) is 18.2 Å². The van der Waals surface area contributed by atoms with Gasteiger partial charge in [-0.15, -0.1) is 0 Å². The average molecular weight is 206 g/mol. The highest BCUT2D eigenvalue weighted by Crippen LogP contribution is 2.13. The van der Waals surface area contributed by atoms with E-state index in [1.165, 1.54) is 0 Å². The van der Waals surface area contributed by atoms with Gasteiger partial charge in [-0.1, -0.05) is 24.1 Å². The van der Waals surface area contributed by atoms with E-state index < -0.39 is 0 Å². The second kappa shape index (κ2) is 5.08. The molecule has 0 aliphatic carbocycles. The van der Waals surface area contributed by atoms with Crippen molar-refractivity contribution in [1.82, 2.24) is 0 Å². The summed E-state index contributed by atoms with van der Waals surface area (Å²) in [6, 6.07) is 5.85. The Morgan fingerprint density at radius 1 is 1.27 bits per heavy atom. The minimum Gasteiger partial charge on any atom is -0.396 e. The zero-order valence-corrected chi connectivity index (χ0v) is 9.58. The molecule has 1 aromatic rings. The monoisotopic (exact) mass is 206 g/mol. The van der Waals surface area contributed by atoms with Gasteiger partial charge < -0.3 is 5.11 Å². The third kappa shape index (κ3) is 3.48. The second-order valence-corrected chi connectivity index (χ2v) is 4.29. The van der Waals surface area contributed by atoms with Gasteiger partial charge in [-0.2, -0.15) is 0 Å². The zero-order valence-electron chi connectivity index (χ0n) is 9.58. The molecule has 0 aliphatic heterocycles. The molecule has 1 aromatic carbocycles. The van der Waals surface area contributed by atoms with Crippen LogP contribution in [0.3, 0.4) is 0 Å². The number of aryl methyl sites for hydroxylation is 2. The first-order chi connectivity index (χ1) is 7.02. The molecular weight excluding hydrogens is 188 g/mol. The maximum atomic E-state index is 11.8. The number of Topliss-reactive ketones (excluding diaryl/α,β-unsaturated/α-hetero) is 1. The average Bonchev–Trinajstić information content (AvgIpc) is 2.16. The summed E-state index contributed by atoms with van der Waals surface area (Å²) >= 11 is 0. The van der Waals surface area contributed by atoms with E-state index in [-0.39, 0.29) is 18.3 Å². The lowest BCUT2D eigenvalue weighted by Gasteiger charge is -2.08. The van der Waals surface area contributed by atoms with Gasteiger partial charge in [0.1, 0.15) is 0 Å². The third-order valence-electron chi connectivity index (χ3n) is 2.39. The lowest BCUT2D eigenvalue weighted by Crippen LogP contribution is -2.09. The van der Waals surface area contributed by atoms with Gasteiger partial charge in [0.15, 0.2) is 5.78 Å². The van der Waals surface area contributed by atoms with Crippen molar-refractivity contribution >= 4 is 5.78 Å². The van der Waals surface area contributed by atoms with Crippen molar-refractivity contribution in [3.05, 3.63) is 34.9 Å². The van der Waals surface area contributed by atoms with Crippen molar-refractivity contribution in [2.75, 3.05) is 6.61 Å². The number of hydrogen-bond acceptors (Lipinski definition) is 2. The predicted octanol–water partition coefficient (Wildman–Crippen LogP) is 2.50. The first-order valence-electron chi connectivity index (χ1n) is 5.25. The first kappa shape index (κ1) is 11.9. The molecule has 0 fully saturated rings. The van der Waals surface area contributed by atoms with Gasteiger partial charge in [-0.25, -0.2) is 0 Å². The quantitative estimate of drug-likeness (QED) is 0.768. The van der Waals surface area contributed by atoms with Gasteiger partial charge in [-0.05, 0) is 31.9 Å². The van der Waals surface area contributed by atoms with Crippen LogP contribution in [-0.2, 0) is 0 Å². The molecule has 0 unspecified atom stereocenters. The van der Waals surface area contributed by atoms with E-state index in [1.807, 2.05) is 39.0 Å². The van der Waals surface area contributed by atoms with Crippen molar-refractivity contribution in [2.24, 2.45) is 5.92 Å². The Labute approximate surface area is 90.9 Å². The minimum absolute atomic E-state index is 0.0401. The van der Waals surface area contributed by atoms with Crippen LogP contribution in [0, 0.1) is 19.8 Å². The fourth-order valence-electron chi connectivity index (χ4n) is 1.63.